The third kappa shape index (κ3) is 4.41. The smallest absolute Gasteiger partial charge is 0.255 e. The minimum absolute atomic E-state index is 0.0826. The number of nitrogens with zero attached hydrogens (tertiary/aromatic N) is 2. The number of carbonyl (C=O) groups is 3. The van der Waals surface area contributed by atoms with Crippen LogP contribution >= 0.6 is 0 Å². The number of nitrogens with one attached hydrogen (secondary N) is 2. The molecule has 2 N–H and O–H groups in total. The molecule has 178 valence electrons. The van der Waals surface area contributed by atoms with Gasteiger partial charge in [-0.1, -0.05) is 24.3 Å². The normalized spacial score (nSPS) is 22.2. The highest BCUT2D eigenvalue weighted by atomic mass is 19.1. The lowest BCUT2D eigenvalue weighted by Crippen LogP contribution is -2.52. The molecule has 0 spiro atoms. The first-order valence-electron chi connectivity index (χ1n) is 12.4. The maximum Gasteiger partial charge on any atom is 0.255 e. The monoisotopic (exact) mass is 468 g/mol. The van der Waals surface area contributed by atoms with Crippen molar-refractivity contribution in [2.75, 3.05) is 31.6 Å². The lowest BCUT2D eigenvalue weighted by molar-refractivity contribution is -0.136. The minimum Gasteiger partial charge on any atom is -0.381 e. The lowest BCUT2D eigenvalue weighted by atomic mass is 10.0. The van der Waals surface area contributed by atoms with Crippen molar-refractivity contribution in [3.63, 3.8) is 0 Å². The second-order valence-corrected chi connectivity index (χ2v) is 8.65. The zero-order valence-electron chi connectivity index (χ0n) is 20.6. The zero-order valence-corrected chi connectivity index (χ0v) is 18.6. The van der Waals surface area contributed by atoms with Crippen molar-refractivity contribution in [1.82, 2.24) is 15.1 Å². The summed E-state index contributed by atoms with van der Waals surface area (Å²) in [6.07, 6.45) is 0.374. The van der Waals surface area contributed by atoms with E-state index in [-0.39, 0.29) is 36.8 Å². The number of halogens is 1. The number of carbonyl (C=O) groups excluding carboxylic acids is 3. The molecule has 1 atom stereocenters. The molecule has 2 fully saturated rings. The van der Waals surface area contributed by atoms with E-state index in [2.05, 4.69) is 15.5 Å². The van der Waals surface area contributed by atoms with Gasteiger partial charge < -0.3 is 15.0 Å². The van der Waals surface area contributed by atoms with Crippen molar-refractivity contribution in [1.29, 1.82) is 0 Å². The van der Waals surface area contributed by atoms with Gasteiger partial charge in [0.25, 0.3) is 5.91 Å². The molecule has 9 heteroatoms. The van der Waals surface area contributed by atoms with Crippen LogP contribution in [0.5, 0.6) is 0 Å². The maximum absolute atomic E-state index is 15.5. The molecule has 2 saturated heterocycles. The quantitative estimate of drug-likeness (QED) is 0.631. The van der Waals surface area contributed by atoms with Crippen molar-refractivity contribution in [3.8, 4) is 0 Å². The Labute approximate surface area is 199 Å². The van der Waals surface area contributed by atoms with Crippen LogP contribution in [0.25, 0.3) is 0 Å². The number of ether oxygens (including phenoxy) is 1. The minimum atomic E-state index is -2.27. The highest BCUT2D eigenvalue weighted by Crippen LogP contribution is 2.32. The summed E-state index contributed by atoms with van der Waals surface area (Å²) >= 11 is 0. The second kappa shape index (κ2) is 9.52. The molecular formula is C25H27FN4O4. The van der Waals surface area contributed by atoms with Crippen molar-refractivity contribution < 1.29 is 26.3 Å². The Morgan fingerprint density at radius 1 is 1.12 bits per heavy atom. The van der Waals surface area contributed by atoms with Crippen LogP contribution in [0.15, 0.2) is 36.4 Å². The number of amides is 3. The number of hydrogen-bond acceptors (Lipinski definition) is 6. The van der Waals surface area contributed by atoms with Crippen molar-refractivity contribution in [2.45, 2.75) is 38.5 Å². The van der Waals surface area contributed by atoms with Gasteiger partial charge in [0.05, 0.1) is 16.0 Å². The first-order valence-corrected chi connectivity index (χ1v) is 11.4. The van der Waals surface area contributed by atoms with Gasteiger partial charge in [-0.15, -0.1) is 0 Å². The van der Waals surface area contributed by atoms with E-state index in [1.165, 1.54) is 11.0 Å². The number of anilines is 1. The van der Waals surface area contributed by atoms with Gasteiger partial charge in [-0.05, 0) is 18.6 Å². The van der Waals surface area contributed by atoms with Crippen molar-refractivity contribution >= 4 is 23.4 Å². The summed E-state index contributed by atoms with van der Waals surface area (Å²) < 4.78 is 38.1. The van der Waals surface area contributed by atoms with E-state index >= 15 is 4.39 Å². The highest BCUT2D eigenvalue weighted by molar-refractivity contribution is 6.06. The van der Waals surface area contributed by atoms with E-state index in [4.69, 9.17) is 7.48 Å². The molecule has 0 bridgehead atoms. The fourth-order valence-electron chi connectivity index (χ4n) is 4.64. The van der Waals surface area contributed by atoms with Crippen molar-refractivity contribution in [3.05, 3.63) is 64.5 Å². The van der Waals surface area contributed by atoms with E-state index in [1.54, 1.807) is 30.3 Å². The number of imide groups is 1. The summed E-state index contributed by atoms with van der Waals surface area (Å²) in [6, 6.07) is 8.80. The molecule has 0 aliphatic carbocycles. The molecule has 3 aliphatic rings. The summed E-state index contributed by atoms with van der Waals surface area (Å²) in [4.78, 5) is 40.4. The number of piperidine rings is 1. The van der Waals surface area contributed by atoms with Gasteiger partial charge in [-0.2, -0.15) is 0 Å². The molecule has 34 heavy (non-hydrogen) atoms. The van der Waals surface area contributed by atoms with Crippen LogP contribution in [0.1, 0.15) is 42.6 Å². The van der Waals surface area contributed by atoms with Gasteiger partial charge in [-0.3, -0.25) is 24.6 Å². The van der Waals surface area contributed by atoms with E-state index in [0.29, 0.717) is 55.2 Å². The van der Waals surface area contributed by atoms with Gasteiger partial charge in [0.2, 0.25) is 11.8 Å². The predicted octanol–water partition coefficient (Wildman–Crippen LogP) is 2.03. The number of fused-ring (bicyclic) bond motifs is 1. The van der Waals surface area contributed by atoms with Gasteiger partial charge >= 0.3 is 0 Å². The Morgan fingerprint density at radius 2 is 1.88 bits per heavy atom. The standard InChI is InChI=1S/C25H27FN4O4/c26-23-16(3-1-4-17(23)14-29-9-11-34-12-10-29)13-27-20-6-2-5-18-19(20)15-30(25(18)33)21-7-8-22(31)28-24(21)32/h1-6,21,27H,7-15H2,(H,28,31,32)/i13D2. The molecule has 0 saturated carbocycles. The van der Waals surface area contributed by atoms with Gasteiger partial charge in [-0.25, -0.2) is 4.39 Å². The third-order valence-corrected chi connectivity index (χ3v) is 6.49. The zero-order chi connectivity index (χ0) is 25.4. The van der Waals surface area contributed by atoms with Crippen LogP contribution < -0.4 is 10.6 Å². The van der Waals surface area contributed by atoms with E-state index < -0.39 is 24.3 Å². The highest BCUT2D eigenvalue weighted by Gasteiger charge is 2.39. The molecule has 3 amide bonds. The summed E-state index contributed by atoms with van der Waals surface area (Å²) in [5.74, 6) is -1.86. The fourth-order valence-corrected chi connectivity index (χ4v) is 4.64. The molecule has 5 rings (SSSR count). The fraction of sp³-hybridized carbons (Fsp3) is 0.400. The molecule has 3 heterocycles. The van der Waals surface area contributed by atoms with E-state index in [1.807, 2.05) is 0 Å². The summed E-state index contributed by atoms with van der Waals surface area (Å²) in [6.45, 7) is 0.694. The average Bonchev–Trinajstić information content (AvgIpc) is 3.18. The SMILES string of the molecule is [2H]C([2H])(Nc1cccc2c1CN(C1CCC(=O)NC1=O)C2=O)c1cccc(CN2CCOCC2)c1F. The molecule has 0 radical (unpaired) electrons. The third-order valence-electron chi connectivity index (χ3n) is 6.49. The predicted molar refractivity (Wildman–Crippen MR) is 122 cm³/mol. The molecular weight excluding hydrogens is 439 g/mol. The Hall–Kier alpha value is -3.30. The van der Waals surface area contributed by atoms with Crippen LogP contribution in [0.3, 0.4) is 0 Å². The Balaban J connectivity index is 1.38. The van der Waals surface area contributed by atoms with Crippen LogP contribution in [0.4, 0.5) is 10.1 Å². The van der Waals surface area contributed by atoms with E-state index in [9.17, 15) is 14.4 Å². The summed E-state index contributed by atoms with van der Waals surface area (Å²) in [5.41, 5.74) is 1.50. The Kier molecular flexibility index (Phi) is 5.63. The molecule has 8 nitrogen and oxygen atoms in total. The Bertz CT molecular complexity index is 1220. The lowest BCUT2D eigenvalue weighted by Gasteiger charge is -2.29. The summed E-state index contributed by atoms with van der Waals surface area (Å²) in [7, 11) is 0. The molecule has 1 unspecified atom stereocenters. The van der Waals surface area contributed by atoms with Gasteiger partial charge in [0.1, 0.15) is 11.9 Å². The van der Waals surface area contributed by atoms with Gasteiger partial charge in [0, 0.05) is 67.0 Å². The average molecular weight is 469 g/mol. The Morgan fingerprint density at radius 3 is 2.68 bits per heavy atom. The first-order chi connectivity index (χ1) is 17.2. The number of benzene rings is 2. The van der Waals surface area contributed by atoms with Crippen LogP contribution in [-0.4, -0.2) is 59.9 Å². The molecule has 2 aromatic rings. The number of rotatable bonds is 6. The topological polar surface area (TPSA) is 91.0 Å². The molecule has 3 aliphatic heterocycles. The number of morpholine rings is 1. The first kappa shape index (κ1) is 20.1. The van der Waals surface area contributed by atoms with Crippen LogP contribution in [0.2, 0.25) is 0 Å². The van der Waals surface area contributed by atoms with Crippen LogP contribution in [0, 0.1) is 5.82 Å². The summed E-state index contributed by atoms with van der Waals surface area (Å²) in [5, 5.41) is 5.06. The van der Waals surface area contributed by atoms with E-state index in [0.717, 1.165) is 0 Å². The van der Waals surface area contributed by atoms with Gasteiger partial charge in [0.15, 0.2) is 0 Å². The number of hydrogen-bond donors (Lipinski definition) is 2. The maximum atomic E-state index is 15.5. The molecule has 0 aromatic heterocycles. The second-order valence-electron chi connectivity index (χ2n) is 8.65. The largest absolute Gasteiger partial charge is 0.381 e. The van der Waals surface area contributed by atoms with Crippen LogP contribution in [-0.2, 0) is 33.9 Å². The van der Waals surface area contributed by atoms with Crippen molar-refractivity contribution in [2.24, 2.45) is 0 Å². The molecule has 2 aromatic carbocycles.